The van der Waals surface area contributed by atoms with Crippen molar-refractivity contribution in [2.75, 3.05) is 11.9 Å². The van der Waals surface area contributed by atoms with E-state index >= 15 is 0 Å². The van der Waals surface area contributed by atoms with Crippen LogP contribution in [0, 0.1) is 10.1 Å². The van der Waals surface area contributed by atoms with Gasteiger partial charge in [-0.15, -0.1) is 0 Å². The Hall–Kier alpha value is -2.06. The number of anilines is 1. The van der Waals surface area contributed by atoms with Crippen LogP contribution >= 0.6 is 46.4 Å². The molecule has 0 aliphatic heterocycles. The molecule has 2 aromatic rings. The molecule has 1 N–H and O–H groups in total. The zero-order chi connectivity index (χ0) is 19.4. The number of carbonyl (C=O) groups is 2. The number of benzene rings is 2. The minimum absolute atomic E-state index is 0.106. The first-order valence-electron chi connectivity index (χ1n) is 6.74. The molecule has 0 aromatic heterocycles. The highest BCUT2D eigenvalue weighted by Gasteiger charge is 2.22. The van der Waals surface area contributed by atoms with Gasteiger partial charge in [0.1, 0.15) is 5.56 Å². The van der Waals surface area contributed by atoms with Gasteiger partial charge in [0.25, 0.3) is 11.6 Å². The quantitative estimate of drug-likeness (QED) is 0.307. The molecule has 0 bridgehead atoms. The van der Waals surface area contributed by atoms with Crippen LogP contribution in [0.5, 0.6) is 0 Å². The first-order valence-corrected chi connectivity index (χ1v) is 8.25. The van der Waals surface area contributed by atoms with Gasteiger partial charge in [-0.25, -0.2) is 4.79 Å². The van der Waals surface area contributed by atoms with Gasteiger partial charge < -0.3 is 10.1 Å². The number of ether oxygens (including phenoxy) is 1. The number of nitro groups is 1. The summed E-state index contributed by atoms with van der Waals surface area (Å²) in [5.41, 5.74) is -0.703. The molecule has 7 nitrogen and oxygen atoms in total. The summed E-state index contributed by atoms with van der Waals surface area (Å²) in [6, 6.07) is 6.07. The number of nitrogens with zero attached hydrogens (tertiary/aromatic N) is 1. The van der Waals surface area contributed by atoms with Crippen molar-refractivity contribution in [3.8, 4) is 0 Å². The Labute approximate surface area is 166 Å². The molecule has 0 saturated carbocycles. The fraction of sp³-hybridized carbons (Fsp3) is 0.0667. The molecule has 0 heterocycles. The summed E-state index contributed by atoms with van der Waals surface area (Å²) in [5, 5.41) is 13.9. The molecule has 11 heteroatoms. The van der Waals surface area contributed by atoms with Gasteiger partial charge in [0.2, 0.25) is 0 Å². The lowest BCUT2D eigenvalue weighted by molar-refractivity contribution is -0.385. The molecular formula is C15H8Cl4N2O5. The minimum atomic E-state index is -1.07. The fourth-order valence-corrected chi connectivity index (χ4v) is 2.61. The zero-order valence-corrected chi connectivity index (χ0v) is 15.6. The molecule has 0 fully saturated rings. The van der Waals surface area contributed by atoms with Crippen LogP contribution in [0.1, 0.15) is 10.4 Å². The highest BCUT2D eigenvalue weighted by atomic mass is 35.5. The van der Waals surface area contributed by atoms with Crippen molar-refractivity contribution in [1.29, 1.82) is 0 Å². The predicted octanol–water partition coefficient (Wildman–Crippen LogP) is 5.00. The first kappa shape index (κ1) is 20.3. The van der Waals surface area contributed by atoms with Crippen molar-refractivity contribution >= 4 is 69.7 Å². The van der Waals surface area contributed by atoms with Crippen LogP contribution in [-0.2, 0) is 9.53 Å². The molecule has 1 amide bonds. The number of hydrogen-bond acceptors (Lipinski definition) is 5. The highest BCUT2D eigenvalue weighted by molar-refractivity contribution is 6.44. The van der Waals surface area contributed by atoms with Crippen molar-refractivity contribution in [1.82, 2.24) is 0 Å². The zero-order valence-electron chi connectivity index (χ0n) is 12.6. The third-order valence-corrected chi connectivity index (χ3v) is 4.26. The fourth-order valence-electron chi connectivity index (χ4n) is 1.84. The number of halogens is 4. The van der Waals surface area contributed by atoms with Crippen LogP contribution in [0.2, 0.25) is 20.1 Å². The third-order valence-electron chi connectivity index (χ3n) is 2.99. The summed E-state index contributed by atoms with van der Waals surface area (Å²) in [7, 11) is 0. The van der Waals surface area contributed by atoms with Crippen LogP contribution in [-0.4, -0.2) is 23.4 Å². The maximum atomic E-state index is 12.0. The van der Waals surface area contributed by atoms with Gasteiger partial charge in [-0.3, -0.25) is 14.9 Å². The van der Waals surface area contributed by atoms with Crippen molar-refractivity contribution < 1.29 is 19.2 Å². The molecule has 0 aliphatic carbocycles. The molecule has 0 radical (unpaired) electrons. The molecule has 0 unspecified atom stereocenters. The molecule has 0 spiro atoms. The normalized spacial score (nSPS) is 10.3. The van der Waals surface area contributed by atoms with Crippen LogP contribution in [0.4, 0.5) is 11.4 Å². The summed E-state index contributed by atoms with van der Waals surface area (Å²) in [5.74, 6) is -1.81. The van der Waals surface area contributed by atoms with E-state index in [9.17, 15) is 19.7 Å². The van der Waals surface area contributed by atoms with E-state index in [1.54, 1.807) is 0 Å². The van der Waals surface area contributed by atoms with Crippen molar-refractivity contribution in [3.63, 3.8) is 0 Å². The van der Waals surface area contributed by atoms with Crippen molar-refractivity contribution in [2.45, 2.75) is 0 Å². The molecule has 26 heavy (non-hydrogen) atoms. The summed E-state index contributed by atoms with van der Waals surface area (Å²) in [6.07, 6.45) is 0. The molecule has 0 saturated heterocycles. The first-order chi connectivity index (χ1) is 12.2. The Bertz CT molecular complexity index is 904. The number of rotatable bonds is 5. The van der Waals surface area contributed by atoms with Crippen molar-refractivity contribution in [2.24, 2.45) is 0 Å². The maximum Gasteiger partial charge on any atom is 0.345 e. The highest BCUT2D eigenvalue weighted by Crippen LogP contribution is 2.32. The van der Waals surface area contributed by atoms with E-state index in [-0.39, 0.29) is 31.3 Å². The Morgan fingerprint density at radius 2 is 1.69 bits per heavy atom. The van der Waals surface area contributed by atoms with E-state index in [2.05, 4.69) is 5.32 Å². The summed E-state index contributed by atoms with van der Waals surface area (Å²) >= 11 is 23.3. The molecular weight excluding hydrogens is 430 g/mol. The van der Waals surface area contributed by atoms with Crippen LogP contribution in [0.3, 0.4) is 0 Å². The minimum Gasteiger partial charge on any atom is -0.452 e. The van der Waals surface area contributed by atoms with Crippen LogP contribution in [0.25, 0.3) is 0 Å². The summed E-state index contributed by atoms with van der Waals surface area (Å²) in [6.45, 7) is -0.709. The smallest absolute Gasteiger partial charge is 0.345 e. The number of esters is 1. The molecule has 2 rings (SSSR count). The van der Waals surface area contributed by atoms with Gasteiger partial charge in [0.15, 0.2) is 6.61 Å². The maximum absolute atomic E-state index is 12.0. The van der Waals surface area contributed by atoms with Gasteiger partial charge in [0.05, 0.1) is 25.7 Å². The predicted molar refractivity (Wildman–Crippen MR) is 98.5 cm³/mol. The van der Waals surface area contributed by atoms with Gasteiger partial charge in [-0.1, -0.05) is 46.4 Å². The number of nitrogens with one attached hydrogen (secondary N) is 1. The lowest BCUT2D eigenvalue weighted by atomic mass is 10.2. The second-order valence-electron chi connectivity index (χ2n) is 4.79. The summed E-state index contributed by atoms with van der Waals surface area (Å²) < 4.78 is 4.79. The number of amides is 1. The average Bonchev–Trinajstić information content (AvgIpc) is 2.57. The Morgan fingerprint density at radius 3 is 2.35 bits per heavy atom. The third kappa shape index (κ3) is 4.98. The van der Waals surface area contributed by atoms with E-state index in [4.69, 9.17) is 51.1 Å². The van der Waals surface area contributed by atoms with Gasteiger partial charge in [-0.05, 0) is 24.3 Å². The van der Waals surface area contributed by atoms with Crippen LogP contribution < -0.4 is 5.32 Å². The number of nitro benzene ring substituents is 1. The molecule has 0 atom stereocenters. The molecule has 0 aliphatic rings. The van der Waals surface area contributed by atoms with E-state index in [1.807, 2.05) is 0 Å². The van der Waals surface area contributed by atoms with Gasteiger partial charge in [0, 0.05) is 11.1 Å². The second-order valence-corrected chi connectivity index (χ2v) is 6.45. The molecule has 2 aromatic carbocycles. The van der Waals surface area contributed by atoms with E-state index in [0.29, 0.717) is 0 Å². The average molecular weight is 438 g/mol. The largest absolute Gasteiger partial charge is 0.452 e. The van der Waals surface area contributed by atoms with E-state index in [0.717, 1.165) is 12.1 Å². The number of hydrogen-bond donors (Lipinski definition) is 1. The number of carbonyl (C=O) groups excluding carboxylic acids is 2. The lowest BCUT2D eigenvalue weighted by Crippen LogP contribution is -2.21. The monoisotopic (exact) mass is 436 g/mol. The topological polar surface area (TPSA) is 98.5 Å². The van der Waals surface area contributed by atoms with E-state index in [1.165, 1.54) is 18.2 Å². The second kappa shape index (κ2) is 8.55. The van der Waals surface area contributed by atoms with Crippen molar-refractivity contribution in [3.05, 3.63) is 66.1 Å². The SMILES string of the molecule is O=C(COC(=O)c1cc(Cl)ccc1[N+](=O)[O-])Nc1cc(Cl)c(Cl)cc1Cl. The lowest BCUT2D eigenvalue weighted by Gasteiger charge is -2.09. The van der Waals surface area contributed by atoms with E-state index < -0.39 is 29.1 Å². The molecule has 136 valence electrons. The standard InChI is InChI=1S/C15H8Cl4N2O5/c16-7-1-2-13(21(24)25)8(3-7)15(23)26-6-14(22)20-12-5-10(18)9(17)4-11(12)19/h1-5H,6H2,(H,20,22). The van der Waals surface area contributed by atoms with Gasteiger partial charge >= 0.3 is 5.97 Å². The Balaban J connectivity index is 2.06. The summed E-state index contributed by atoms with van der Waals surface area (Å²) in [4.78, 5) is 34.1. The Kier molecular flexibility index (Phi) is 6.66. The van der Waals surface area contributed by atoms with Crippen LogP contribution in [0.15, 0.2) is 30.3 Å². The van der Waals surface area contributed by atoms with Gasteiger partial charge in [-0.2, -0.15) is 0 Å². The Morgan fingerprint density at radius 1 is 1.04 bits per heavy atom.